The van der Waals surface area contributed by atoms with E-state index in [1.54, 1.807) is 11.3 Å². The average Bonchev–Trinajstić information content (AvgIpc) is 3.93. The van der Waals surface area contributed by atoms with Gasteiger partial charge in [0.2, 0.25) is 5.89 Å². The van der Waals surface area contributed by atoms with Crippen LogP contribution in [0.4, 0.5) is 17.1 Å². The summed E-state index contributed by atoms with van der Waals surface area (Å²) in [5.41, 5.74) is 8.83. The van der Waals surface area contributed by atoms with Gasteiger partial charge in [0, 0.05) is 72.2 Å². The SMILES string of the molecule is c1ccc(-c2nc3c(cc(N(c4ccc5c(c4)oc4ccccc45)c4ccc5c(c4)oc4ccccc45)c4sc5ccccc5c43)o2)cc1. The maximum Gasteiger partial charge on any atom is 0.227 e. The van der Waals surface area contributed by atoms with E-state index in [0.29, 0.717) is 5.89 Å². The molecule has 0 atom stereocenters. The molecule has 0 N–H and O–H groups in total. The molecule has 0 saturated carbocycles. The number of para-hydroxylation sites is 2. The Bertz CT molecular complexity index is 2960. The molecule has 0 aliphatic rings. The first-order valence-electron chi connectivity index (χ1n) is 16.2. The van der Waals surface area contributed by atoms with E-state index in [4.69, 9.17) is 18.2 Å². The third-order valence-corrected chi connectivity index (χ3v) is 10.7. The number of oxazole rings is 1. The van der Waals surface area contributed by atoms with E-state index in [-0.39, 0.29) is 0 Å². The lowest BCUT2D eigenvalue weighted by molar-refractivity contribution is 0.620. The lowest BCUT2D eigenvalue weighted by Gasteiger charge is -2.26. The Balaban J connectivity index is 1.23. The summed E-state index contributed by atoms with van der Waals surface area (Å²) in [4.78, 5) is 7.39. The van der Waals surface area contributed by atoms with E-state index in [1.165, 1.54) is 4.70 Å². The van der Waals surface area contributed by atoms with Gasteiger partial charge in [-0.05, 0) is 54.6 Å². The summed E-state index contributed by atoms with van der Waals surface area (Å²) in [7, 11) is 0. The quantitative estimate of drug-likeness (QED) is 0.190. The normalized spacial score (nSPS) is 12.1. The average molecular weight is 649 g/mol. The van der Waals surface area contributed by atoms with Gasteiger partial charge in [-0.1, -0.05) is 72.8 Å². The summed E-state index contributed by atoms with van der Waals surface area (Å²) in [6.45, 7) is 0. The van der Waals surface area contributed by atoms with Crippen molar-refractivity contribution in [1.82, 2.24) is 4.98 Å². The number of benzene rings is 7. The van der Waals surface area contributed by atoms with Gasteiger partial charge in [0.25, 0.3) is 0 Å². The van der Waals surface area contributed by atoms with Gasteiger partial charge in [0.05, 0.1) is 10.4 Å². The number of hydrogen-bond donors (Lipinski definition) is 0. The maximum absolute atomic E-state index is 6.59. The molecular formula is C43H24N2O3S. The maximum atomic E-state index is 6.59. The highest BCUT2D eigenvalue weighted by atomic mass is 32.1. The molecule has 0 aliphatic heterocycles. The monoisotopic (exact) mass is 648 g/mol. The zero-order valence-electron chi connectivity index (χ0n) is 25.9. The van der Waals surface area contributed by atoms with Crippen LogP contribution in [-0.2, 0) is 0 Å². The molecule has 0 spiro atoms. The summed E-state index contributed by atoms with van der Waals surface area (Å²) in [6.07, 6.45) is 0. The summed E-state index contributed by atoms with van der Waals surface area (Å²) < 4.78 is 21.7. The molecule has 0 radical (unpaired) electrons. The molecule has 0 unspecified atom stereocenters. The highest BCUT2D eigenvalue weighted by Gasteiger charge is 2.25. The standard InChI is InChI=1S/C43H24N2O3S/c1-2-10-25(11-3-1)43-44-41-38(48-43)24-33(42-40(41)32-14-6-9-17-39(32)49-42)45(26-18-20-30-28-12-4-7-15-34(28)46-36(30)22-26)27-19-21-31-29-13-5-8-16-35(29)47-37(31)23-27/h1-24H. The van der Waals surface area contributed by atoms with Gasteiger partial charge in [-0.3, -0.25) is 0 Å². The van der Waals surface area contributed by atoms with Crippen LogP contribution in [0.3, 0.4) is 0 Å². The van der Waals surface area contributed by atoms with E-state index in [9.17, 15) is 0 Å². The molecule has 5 nitrogen and oxygen atoms in total. The van der Waals surface area contributed by atoms with Crippen molar-refractivity contribution in [2.75, 3.05) is 4.90 Å². The van der Waals surface area contributed by atoms with Crippen molar-refractivity contribution < 1.29 is 13.3 Å². The van der Waals surface area contributed by atoms with Gasteiger partial charge in [-0.15, -0.1) is 11.3 Å². The van der Waals surface area contributed by atoms with Gasteiger partial charge < -0.3 is 18.2 Å². The molecule has 7 aromatic carbocycles. The molecule has 6 heteroatoms. The molecule has 0 amide bonds. The van der Waals surface area contributed by atoms with Crippen LogP contribution in [0, 0.1) is 0 Å². The van der Waals surface area contributed by atoms with Crippen LogP contribution in [0.15, 0.2) is 159 Å². The molecule has 11 rings (SSSR count). The van der Waals surface area contributed by atoms with E-state index in [0.717, 1.165) is 93.1 Å². The molecule has 0 bridgehead atoms. The van der Waals surface area contributed by atoms with Crippen LogP contribution in [0.25, 0.3) is 86.6 Å². The first-order valence-corrected chi connectivity index (χ1v) is 17.0. The van der Waals surface area contributed by atoms with Crippen LogP contribution in [0.2, 0.25) is 0 Å². The highest BCUT2D eigenvalue weighted by molar-refractivity contribution is 7.26. The van der Waals surface area contributed by atoms with Crippen LogP contribution in [-0.4, -0.2) is 4.98 Å². The number of anilines is 3. The first-order chi connectivity index (χ1) is 24.3. The number of furan rings is 2. The Labute approximate surface area is 282 Å². The fourth-order valence-corrected chi connectivity index (χ4v) is 8.47. The first kappa shape index (κ1) is 26.7. The molecule has 49 heavy (non-hydrogen) atoms. The minimum atomic E-state index is 0.600. The van der Waals surface area contributed by atoms with Crippen molar-refractivity contribution in [2.45, 2.75) is 0 Å². The van der Waals surface area contributed by atoms with Gasteiger partial charge in [0.1, 0.15) is 27.8 Å². The zero-order valence-corrected chi connectivity index (χ0v) is 26.7. The van der Waals surface area contributed by atoms with Crippen molar-refractivity contribution in [3.8, 4) is 11.5 Å². The number of hydrogen-bond acceptors (Lipinski definition) is 6. The minimum Gasteiger partial charge on any atom is -0.456 e. The Morgan fingerprint density at radius 1 is 0.469 bits per heavy atom. The zero-order chi connectivity index (χ0) is 32.1. The second-order valence-corrected chi connectivity index (χ2v) is 13.4. The summed E-state index contributed by atoms with van der Waals surface area (Å²) in [5, 5.41) is 6.60. The smallest absolute Gasteiger partial charge is 0.227 e. The number of fused-ring (bicyclic) bond motifs is 11. The minimum absolute atomic E-state index is 0.600. The lowest BCUT2D eigenvalue weighted by atomic mass is 10.1. The Hall–Kier alpha value is -6.37. The van der Waals surface area contributed by atoms with Crippen LogP contribution in [0.5, 0.6) is 0 Å². The topological polar surface area (TPSA) is 55.6 Å². The fourth-order valence-electron chi connectivity index (χ4n) is 7.26. The van der Waals surface area contributed by atoms with Crippen molar-refractivity contribution in [1.29, 1.82) is 0 Å². The summed E-state index contributed by atoms with van der Waals surface area (Å²) in [5.74, 6) is 0.600. The largest absolute Gasteiger partial charge is 0.456 e. The van der Waals surface area contributed by atoms with Crippen LogP contribution >= 0.6 is 11.3 Å². The van der Waals surface area contributed by atoms with E-state index in [2.05, 4.69) is 95.9 Å². The molecule has 0 fully saturated rings. The van der Waals surface area contributed by atoms with E-state index in [1.807, 2.05) is 54.6 Å². The molecule has 4 heterocycles. The summed E-state index contributed by atoms with van der Waals surface area (Å²) >= 11 is 1.77. The third-order valence-electron chi connectivity index (χ3n) is 9.49. The Kier molecular flexibility index (Phi) is 5.48. The number of nitrogens with zero attached hydrogens (tertiary/aromatic N) is 2. The number of aromatic nitrogens is 1. The number of thiophene rings is 1. The molecule has 230 valence electrons. The third kappa shape index (κ3) is 3.95. The highest BCUT2D eigenvalue weighted by Crippen LogP contribution is 2.49. The fraction of sp³-hybridized carbons (Fsp3) is 0. The van der Waals surface area contributed by atoms with Crippen LogP contribution < -0.4 is 4.90 Å². The van der Waals surface area contributed by atoms with Crippen molar-refractivity contribution in [2.24, 2.45) is 0 Å². The second kappa shape index (κ2) is 10.1. The molecule has 0 saturated heterocycles. The van der Waals surface area contributed by atoms with Gasteiger partial charge in [0.15, 0.2) is 5.58 Å². The Morgan fingerprint density at radius 2 is 1.04 bits per heavy atom. The van der Waals surface area contributed by atoms with E-state index < -0.39 is 0 Å². The molecule has 0 aliphatic carbocycles. The van der Waals surface area contributed by atoms with Gasteiger partial charge in [-0.2, -0.15) is 0 Å². The predicted octanol–water partition coefficient (Wildman–Crippen LogP) is 13.1. The van der Waals surface area contributed by atoms with Crippen molar-refractivity contribution >= 4 is 104 Å². The van der Waals surface area contributed by atoms with Crippen molar-refractivity contribution in [3.05, 3.63) is 146 Å². The molecule has 4 aromatic heterocycles. The van der Waals surface area contributed by atoms with Gasteiger partial charge in [-0.25, -0.2) is 4.98 Å². The Morgan fingerprint density at radius 3 is 1.71 bits per heavy atom. The second-order valence-electron chi connectivity index (χ2n) is 12.3. The lowest BCUT2D eigenvalue weighted by Crippen LogP contribution is -2.10. The number of rotatable bonds is 4. The van der Waals surface area contributed by atoms with Crippen LogP contribution in [0.1, 0.15) is 0 Å². The predicted molar refractivity (Wildman–Crippen MR) is 202 cm³/mol. The van der Waals surface area contributed by atoms with E-state index >= 15 is 0 Å². The van der Waals surface area contributed by atoms with Gasteiger partial charge >= 0.3 is 0 Å². The summed E-state index contributed by atoms with van der Waals surface area (Å²) in [6, 6.07) is 50.1. The molecule has 11 aromatic rings. The molecular weight excluding hydrogens is 625 g/mol. The van der Waals surface area contributed by atoms with Crippen molar-refractivity contribution in [3.63, 3.8) is 0 Å².